The van der Waals surface area contributed by atoms with Gasteiger partial charge in [-0.3, -0.25) is 4.79 Å². The SMILES string of the molecule is COc1ccccc1OCC(=O)Nc1ccc(Br)cn1. The van der Waals surface area contributed by atoms with Crippen LogP contribution in [0, 0.1) is 0 Å². The summed E-state index contributed by atoms with van der Waals surface area (Å²) in [7, 11) is 1.55. The smallest absolute Gasteiger partial charge is 0.263 e. The van der Waals surface area contributed by atoms with Crippen LogP contribution in [0.15, 0.2) is 47.1 Å². The molecule has 0 aliphatic carbocycles. The Balaban J connectivity index is 1.90. The molecule has 1 aromatic heterocycles. The highest BCUT2D eigenvalue weighted by atomic mass is 79.9. The molecule has 2 aromatic rings. The van der Waals surface area contributed by atoms with Gasteiger partial charge in [0, 0.05) is 10.7 Å². The average molecular weight is 337 g/mol. The van der Waals surface area contributed by atoms with Crippen LogP contribution in [-0.4, -0.2) is 24.6 Å². The van der Waals surface area contributed by atoms with Crippen LogP contribution >= 0.6 is 15.9 Å². The van der Waals surface area contributed by atoms with Crippen LogP contribution < -0.4 is 14.8 Å². The first-order chi connectivity index (χ1) is 9.69. The Morgan fingerprint density at radius 1 is 1.25 bits per heavy atom. The van der Waals surface area contributed by atoms with Gasteiger partial charge in [-0.1, -0.05) is 12.1 Å². The van der Waals surface area contributed by atoms with Crippen molar-refractivity contribution in [2.24, 2.45) is 0 Å². The Morgan fingerprint density at radius 3 is 2.65 bits per heavy atom. The summed E-state index contributed by atoms with van der Waals surface area (Å²) in [5.41, 5.74) is 0. The molecule has 0 atom stereocenters. The lowest BCUT2D eigenvalue weighted by molar-refractivity contribution is -0.118. The lowest BCUT2D eigenvalue weighted by Crippen LogP contribution is -2.20. The van der Waals surface area contributed by atoms with E-state index in [0.717, 1.165) is 4.47 Å². The third-order valence-electron chi connectivity index (χ3n) is 2.42. The Bertz CT molecular complexity index is 587. The number of nitrogens with one attached hydrogen (secondary N) is 1. The molecule has 0 fully saturated rings. The second kappa shape index (κ2) is 6.91. The van der Waals surface area contributed by atoms with Crippen LogP contribution in [0.5, 0.6) is 11.5 Å². The number of rotatable bonds is 5. The molecule has 1 N–H and O–H groups in total. The fraction of sp³-hybridized carbons (Fsp3) is 0.143. The van der Waals surface area contributed by atoms with Gasteiger partial charge in [-0.2, -0.15) is 0 Å². The van der Waals surface area contributed by atoms with Crippen molar-refractivity contribution in [2.45, 2.75) is 0 Å². The molecule has 0 saturated heterocycles. The van der Waals surface area contributed by atoms with Gasteiger partial charge in [0.2, 0.25) is 0 Å². The van der Waals surface area contributed by atoms with Crippen LogP contribution in [0.2, 0.25) is 0 Å². The molecule has 0 aliphatic rings. The predicted molar refractivity (Wildman–Crippen MR) is 79.1 cm³/mol. The van der Waals surface area contributed by atoms with Gasteiger partial charge < -0.3 is 14.8 Å². The highest BCUT2D eigenvalue weighted by Crippen LogP contribution is 2.25. The Morgan fingerprint density at radius 2 is 2.00 bits per heavy atom. The predicted octanol–water partition coefficient (Wildman–Crippen LogP) is 2.87. The lowest BCUT2D eigenvalue weighted by Gasteiger charge is -2.10. The number of benzene rings is 1. The Kier molecular flexibility index (Phi) is 4.95. The van der Waals surface area contributed by atoms with E-state index in [-0.39, 0.29) is 12.5 Å². The van der Waals surface area contributed by atoms with Crippen molar-refractivity contribution >= 4 is 27.7 Å². The molecular formula is C14H13BrN2O3. The van der Waals surface area contributed by atoms with E-state index in [1.165, 1.54) is 0 Å². The number of amides is 1. The second-order valence-corrected chi connectivity index (χ2v) is 4.77. The highest BCUT2D eigenvalue weighted by molar-refractivity contribution is 9.10. The summed E-state index contributed by atoms with van der Waals surface area (Å²) in [5.74, 6) is 1.29. The number of para-hydroxylation sites is 2. The maximum absolute atomic E-state index is 11.7. The molecule has 6 heteroatoms. The van der Waals surface area contributed by atoms with E-state index < -0.39 is 0 Å². The van der Waals surface area contributed by atoms with Crippen molar-refractivity contribution in [1.82, 2.24) is 4.98 Å². The van der Waals surface area contributed by atoms with Crippen LogP contribution in [0.25, 0.3) is 0 Å². The van der Waals surface area contributed by atoms with Crippen molar-refractivity contribution in [2.75, 3.05) is 19.0 Å². The molecule has 0 aliphatic heterocycles. The minimum Gasteiger partial charge on any atom is -0.493 e. The van der Waals surface area contributed by atoms with Crippen LogP contribution in [-0.2, 0) is 4.79 Å². The summed E-state index contributed by atoms with van der Waals surface area (Å²) in [6.45, 7) is -0.113. The van der Waals surface area contributed by atoms with Gasteiger partial charge in [-0.05, 0) is 40.2 Å². The van der Waals surface area contributed by atoms with Gasteiger partial charge in [0.15, 0.2) is 18.1 Å². The third-order valence-corrected chi connectivity index (χ3v) is 2.89. The number of carbonyl (C=O) groups is 1. The van der Waals surface area contributed by atoms with Gasteiger partial charge in [0.25, 0.3) is 5.91 Å². The fourth-order valence-electron chi connectivity index (χ4n) is 1.51. The van der Waals surface area contributed by atoms with Gasteiger partial charge in [-0.25, -0.2) is 4.98 Å². The third kappa shape index (κ3) is 3.96. The van der Waals surface area contributed by atoms with Crippen molar-refractivity contribution in [3.8, 4) is 11.5 Å². The van der Waals surface area contributed by atoms with E-state index in [9.17, 15) is 4.79 Å². The molecule has 104 valence electrons. The number of aromatic nitrogens is 1. The molecule has 5 nitrogen and oxygen atoms in total. The van der Waals surface area contributed by atoms with Crippen molar-refractivity contribution < 1.29 is 14.3 Å². The Hall–Kier alpha value is -2.08. The number of ether oxygens (including phenoxy) is 2. The van der Waals surface area contributed by atoms with E-state index in [1.807, 2.05) is 12.1 Å². The number of hydrogen-bond donors (Lipinski definition) is 1. The minimum atomic E-state index is -0.286. The van der Waals surface area contributed by atoms with E-state index in [1.54, 1.807) is 37.6 Å². The number of carbonyl (C=O) groups excluding carboxylic acids is 1. The second-order valence-electron chi connectivity index (χ2n) is 3.85. The molecule has 0 unspecified atom stereocenters. The van der Waals surface area contributed by atoms with Crippen LogP contribution in [0.3, 0.4) is 0 Å². The van der Waals surface area contributed by atoms with Gasteiger partial charge in [-0.15, -0.1) is 0 Å². The summed E-state index contributed by atoms with van der Waals surface area (Å²) < 4.78 is 11.4. The lowest BCUT2D eigenvalue weighted by atomic mass is 10.3. The number of hydrogen-bond acceptors (Lipinski definition) is 4. The maximum atomic E-state index is 11.7. The Labute approximate surface area is 125 Å². The minimum absolute atomic E-state index is 0.113. The molecule has 1 amide bonds. The molecule has 1 heterocycles. The van der Waals surface area contributed by atoms with Gasteiger partial charge in [0.05, 0.1) is 7.11 Å². The van der Waals surface area contributed by atoms with E-state index in [2.05, 4.69) is 26.2 Å². The maximum Gasteiger partial charge on any atom is 0.263 e. The van der Waals surface area contributed by atoms with Gasteiger partial charge >= 0.3 is 0 Å². The topological polar surface area (TPSA) is 60.5 Å². The van der Waals surface area contributed by atoms with Crippen molar-refractivity contribution in [1.29, 1.82) is 0 Å². The van der Waals surface area contributed by atoms with Crippen LogP contribution in [0.4, 0.5) is 5.82 Å². The first-order valence-electron chi connectivity index (χ1n) is 5.86. The normalized spacial score (nSPS) is 9.90. The number of anilines is 1. The molecule has 2 rings (SSSR count). The fourth-order valence-corrected chi connectivity index (χ4v) is 1.74. The summed E-state index contributed by atoms with van der Waals surface area (Å²) in [4.78, 5) is 15.8. The summed E-state index contributed by atoms with van der Waals surface area (Å²) in [6, 6.07) is 10.6. The van der Waals surface area contributed by atoms with Gasteiger partial charge in [0.1, 0.15) is 5.82 Å². The van der Waals surface area contributed by atoms with Crippen molar-refractivity contribution in [3.05, 3.63) is 47.1 Å². The molecule has 1 aromatic carbocycles. The number of methoxy groups -OCH3 is 1. The monoisotopic (exact) mass is 336 g/mol. The molecule has 20 heavy (non-hydrogen) atoms. The first-order valence-corrected chi connectivity index (χ1v) is 6.65. The van der Waals surface area contributed by atoms with Crippen molar-refractivity contribution in [3.63, 3.8) is 0 Å². The molecular weight excluding hydrogens is 324 g/mol. The molecule has 0 bridgehead atoms. The molecule has 0 saturated carbocycles. The van der Waals surface area contributed by atoms with Crippen LogP contribution in [0.1, 0.15) is 0 Å². The summed E-state index contributed by atoms with van der Waals surface area (Å²) >= 11 is 3.28. The molecule has 0 radical (unpaired) electrons. The summed E-state index contributed by atoms with van der Waals surface area (Å²) in [6.07, 6.45) is 1.61. The number of nitrogens with zero attached hydrogens (tertiary/aromatic N) is 1. The average Bonchev–Trinajstić information content (AvgIpc) is 2.48. The number of halogens is 1. The standard InChI is InChI=1S/C14H13BrN2O3/c1-19-11-4-2-3-5-12(11)20-9-14(18)17-13-7-6-10(15)8-16-13/h2-8H,9H2,1H3,(H,16,17,18). The van der Waals surface area contributed by atoms with E-state index in [0.29, 0.717) is 17.3 Å². The number of pyridine rings is 1. The zero-order chi connectivity index (χ0) is 14.4. The van der Waals surface area contributed by atoms with E-state index >= 15 is 0 Å². The quantitative estimate of drug-likeness (QED) is 0.911. The molecule has 0 spiro atoms. The van der Waals surface area contributed by atoms with E-state index in [4.69, 9.17) is 9.47 Å². The highest BCUT2D eigenvalue weighted by Gasteiger charge is 2.07. The zero-order valence-electron chi connectivity index (χ0n) is 10.8. The first kappa shape index (κ1) is 14.3. The largest absolute Gasteiger partial charge is 0.493 e. The summed E-state index contributed by atoms with van der Waals surface area (Å²) in [5, 5.41) is 2.64. The zero-order valence-corrected chi connectivity index (χ0v) is 12.4.